The smallest absolute Gasteiger partial charge is 0.167 e. The van der Waals surface area contributed by atoms with Crippen LogP contribution in [0.4, 0.5) is 0 Å². The maximum Gasteiger partial charge on any atom is 0.167 e. The number of halogens is 1. The number of aliphatic hydroxyl groups is 1. The topological polar surface area (TPSA) is 58.3 Å². The number of hydrogen-bond acceptors (Lipinski definition) is 4. The van der Waals surface area contributed by atoms with E-state index < -0.39 is 6.10 Å². The summed E-state index contributed by atoms with van der Waals surface area (Å²) < 4.78 is 5.47. The molecule has 1 aromatic heterocycles. The van der Waals surface area contributed by atoms with Crippen molar-refractivity contribution < 1.29 is 9.63 Å². The van der Waals surface area contributed by atoms with Gasteiger partial charge in [-0.25, -0.2) is 0 Å². The Kier molecular flexibility index (Phi) is 3.90. The van der Waals surface area contributed by atoms with Gasteiger partial charge in [-0.3, -0.25) is 0 Å². The van der Waals surface area contributed by atoms with Crippen molar-refractivity contribution in [2.24, 2.45) is 0 Å². The van der Waals surface area contributed by atoms with E-state index in [1.54, 1.807) is 6.07 Å². The molecule has 1 heterocycles. The van der Waals surface area contributed by atoms with Gasteiger partial charge in [0.05, 0.1) is 0 Å². The first-order valence-electron chi connectivity index (χ1n) is 4.13. The monoisotopic (exact) mass is 248 g/mol. The Hall–Kier alpha value is -0.390. The summed E-state index contributed by atoms with van der Waals surface area (Å²) in [5.41, 5.74) is 0. The van der Waals surface area contributed by atoms with Crippen molar-refractivity contribution in [2.45, 2.75) is 26.0 Å². The van der Waals surface area contributed by atoms with Crippen molar-refractivity contribution in [1.29, 1.82) is 0 Å². The second-order valence-electron chi connectivity index (χ2n) is 3.13. The fourth-order valence-corrected chi connectivity index (χ4v) is 1.17. The lowest BCUT2D eigenvalue weighted by atomic mass is 10.2. The molecule has 0 spiro atoms. The third-order valence-corrected chi connectivity index (χ3v) is 1.92. The van der Waals surface area contributed by atoms with Crippen molar-refractivity contribution in [3.05, 3.63) is 16.4 Å². The Morgan fingerprint density at radius 2 is 2.38 bits per heavy atom. The highest BCUT2D eigenvalue weighted by molar-refractivity contribution is 9.10. The van der Waals surface area contributed by atoms with Crippen LogP contribution >= 0.6 is 15.9 Å². The Morgan fingerprint density at radius 3 is 2.85 bits per heavy atom. The van der Waals surface area contributed by atoms with E-state index in [4.69, 9.17) is 4.52 Å². The van der Waals surface area contributed by atoms with Gasteiger partial charge in [0, 0.05) is 18.7 Å². The molecule has 0 bridgehead atoms. The van der Waals surface area contributed by atoms with E-state index in [9.17, 15) is 5.11 Å². The molecule has 0 aliphatic rings. The molecule has 0 amide bonds. The lowest BCUT2D eigenvalue weighted by Crippen LogP contribution is -2.27. The van der Waals surface area contributed by atoms with Gasteiger partial charge < -0.3 is 14.9 Å². The fourth-order valence-electron chi connectivity index (χ4n) is 0.871. The molecule has 74 valence electrons. The first-order chi connectivity index (χ1) is 6.09. The molecule has 2 N–H and O–H groups in total. The highest BCUT2D eigenvalue weighted by atomic mass is 79.9. The van der Waals surface area contributed by atoms with Crippen molar-refractivity contribution >= 4 is 15.9 Å². The van der Waals surface area contributed by atoms with Gasteiger partial charge in [-0.15, -0.1) is 0 Å². The lowest BCUT2D eigenvalue weighted by Gasteiger charge is -2.10. The fraction of sp³-hybridized carbons (Fsp3) is 0.625. The van der Waals surface area contributed by atoms with E-state index in [-0.39, 0.29) is 0 Å². The van der Waals surface area contributed by atoms with Crippen molar-refractivity contribution in [3.8, 4) is 0 Å². The number of nitrogens with zero attached hydrogens (tertiary/aromatic N) is 1. The van der Waals surface area contributed by atoms with Crippen LogP contribution in [0.3, 0.4) is 0 Å². The quantitative estimate of drug-likeness (QED) is 0.848. The average Bonchev–Trinajstić information content (AvgIpc) is 2.47. The molecular weight excluding hydrogens is 236 g/mol. The van der Waals surface area contributed by atoms with Crippen LogP contribution in [0.1, 0.15) is 25.7 Å². The normalized spacial score (nSPS) is 13.6. The van der Waals surface area contributed by atoms with Crippen LogP contribution < -0.4 is 5.32 Å². The molecule has 0 aromatic carbocycles. The minimum absolute atomic E-state index is 0.348. The predicted octanol–water partition coefficient (Wildman–Crippen LogP) is 1.47. The average molecular weight is 249 g/mol. The summed E-state index contributed by atoms with van der Waals surface area (Å²) in [6.07, 6.45) is -0.638. The second kappa shape index (κ2) is 4.74. The molecule has 0 saturated heterocycles. The van der Waals surface area contributed by atoms with Gasteiger partial charge in [0.15, 0.2) is 5.76 Å². The Morgan fingerprint density at radius 1 is 1.69 bits per heavy atom. The molecule has 0 radical (unpaired) electrons. The van der Waals surface area contributed by atoms with Crippen molar-refractivity contribution in [3.63, 3.8) is 0 Å². The summed E-state index contributed by atoms with van der Waals surface area (Å²) in [5.74, 6) is 0.472. The summed E-state index contributed by atoms with van der Waals surface area (Å²) in [6.45, 7) is 4.51. The Bertz CT molecular complexity index is 262. The third kappa shape index (κ3) is 3.46. The molecule has 1 aromatic rings. The van der Waals surface area contributed by atoms with E-state index in [1.165, 1.54) is 0 Å². The van der Waals surface area contributed by atoms with E-state index >= 15 is 0 Å². The summed E-state index contributed by atoms with van der Waals surface area (Å²) >= 11 is 3.14. The maximum atomic E-state index is 9.57. The molecule has 4 nitrogen and oxygen atoms in total. The molecule has 1 atom stereocenters. The van der Waals surface area contributed by atoms with Gasteiger partial charge in [0.25, 0.3) is 0 Å². The van der Waals surface area contributed by atoms with Gasteiger partial charge in [0.1, 0.15) is 10.7 Å². The SMILES string of the molecule is CC(C)NCC(O)c1cc(Br)no1. The summed E-state index contributed by atoms with van der Waals surface area (Å²) in [5, 5.41) is 16.3. The standard InChI is InChI=1S/C8H13BrN2O2/c1-5(2)10-4-6(12)7-3-8(9)11-13-7/h3,5-6,10,12H,4H2,1-2H3. The van der Waals surface area contributed by atoms with Crippen LogP contribution in [0.15, 0.2) is 15.2 Å². The van der Waals surface area contributed by atoms with E-state index in [1.807, 2.05) is 13.8 Å². The van der Waals surface area contributed by atoms with Crippen LogP contribution in [-0.2, 0) is 0 Å². The van der Waals surface area contributed by atoms with E-state index in [0.717, 1.165) is 0 Å². The predicted molar refractivity (Wildman–Crippen MR) is 52.3 cm³/mol. The highest BCUT2D eigenvalue weighted by Gasteiger charge is 2.12. The molecule has 1 unspecified atom stereocenters. The third-order valence-electron chi connectivity index (χ3n) is 1.55. The van der Waals surface area contributed by atoms with Crippen LogP contribution in [0.25, 0.3) is 0 Å². The van der Waals surface area contributed by atoms with Crippen molar-refractivity contribution in [2.75, 3.05) is 6.54 Å². The van der Waals surface area contributed by atoms with Gasteiger partial charge in [0.2, 0.25) is 0 Å². The first kappa shape index (κ1) is 10.7. The molecule has 0 saturated carbocycles. The van der Waals surface area contributed by atoms with E-state index in [2.05, 4.69) is 26.4 Å². The number of aliphatic hydroxyl groups excluding tert-OH is 1. The van der Waals surface area contributed by atoms with Gasteiger partial charge >= 0.3 is 0 Å². The van der Waals surface area contributed by atoms with E-state index in [0.29, 0.717) is 23.0 Å². The number of nitrogens with one attached hydrogen (secondary N) is 1. The number of aromatic nitrogens is 1. The highest BCUT2D eigenvalue weighted by Crippen LogP contribution is 2.16. The molecule has 13 heavy (non-hydrogen) atoms. The molecule has 1 rings (SSSR count). The largest absolute Gasteiger partial charge is 0.384 e. The van der Waals surface area contributed by atoms with Gasteiger partial charge in [-0.05, 0) is 15.9 Å². The first-order valence-corrected chi connectivity index (χ1v) is 4.92. The zero-order chi connectivity index (χ0) is 9.84. The molecular formula is C8H13BrN2O2. The zero-order valence-electron chi connectivity index (χ0n) is 7.62. The zero-order valence-corrected chi connectivity index (χ0v) is 9.21. The van der Waals surface area contributed by atoms with Crippen LogP contribution in [0.2, 0.25) is 0 Å². The lowest BCUT2D eigenvalue weighted by molar-refractivity contribution is 0.135. The van der Waals surface area contributed by atoms with Crippen LogP contribution in [0.5, 0.6) is 0 Å². The van der Waals surface area contributed by atoms with Gasteiger partial charge in [-0.2, -0.15) is 0 Å². The Balaban J connectivity index is 2.44. The molecule has 5 heteroatoms. The van der Waals surface area contributed by atoms with Crippen LogP contribution in [-0.4, -0.2) is 22.8 Å². The van der Waals surface area contributed by atoms with Crippen LogP contribution in [0, 0.1) is 0 Å². The number of hydrogen-bond donors (Lipinski definition) is 2. The summed E-state index contributed by atoms with van der Waals surface area (Å²) in [7, 11) is 0. The second-order valence-corrected chi connectivity index (χ2v) is 3.94. The molecule has 0 fully saturated rings. The Labute approximate surface area is 85.4 Å². The van der Waals surface area contributed by atoms with Gasteiger partial charge in [-0.1, -0.05) is 19.0 Å². The minimum atomic E-state index is -0.638. The molecule has 0 aliphatic carbocycles. The summed E-state index contributed by atoms with van der Waals surface area (Å²) in [6, 6.07) is 2.01. The summed E-state index contributed by atoms with van der Waals surface area (Å²) in [4.78, 5) is 0. The number of rotatable bonds is 4. The molecule has 0 aliphatic heterocycles. The maximum absolute atomic E-state index is 9.57. The minimum Gasteiger partial charge on any atom is -0.384 e. The van der Waals surface area contributed by atoms with Crippen molar-refractivity contribution in [1.82, 2.24) is 10.5 Å².